The van der Waals surface area contributed by atoms with Crippen LogP contribution in [0.2, 0.25) is 0 Å². The van der Waals surface area contributed by atoms with E-state index in [0.717, 1.165) is 24.8 Å². The fourth-order valence-electron chi connectivity index (χ4n) is 4.01. The molecule has 2 atom stereocenters. The van der Waals surface area contributed by atoms with Gasteiger partial charge in [0.1, 0.15) is 5.76 Å². The molecule has 1 N–H and O–H groups in total. The predicted molar refractivity (Wildman–Crippen MR) is 114 cm³/mol. The van der Waals surface area contributed by atoms with E-state index in [-0.39, 0.29) is 17.9 Å². The second kappa shape index (κ2) is 8.91. The predicted octanol–water partition coefficient (Wildman–Crippen LogP) is 4.17. The van der Waals surface area contributed by atoms with Gasteiger partial charge in [-0.15, -0.1) is 11.8 Å². The summed E-state index contributed by atoms with van der Waals surface area (Å²) in [7, 11) is 0. The highest BCUT2D eigenvalue weighted by Gasteiger charge is 2.40. The molecule has 2 aromatic rings. The summed E-state index contributed by atoms with van der Waals surface area (Å²) in [5.41, 5.74) is 2.33. The first-order chi connectivity index (χ1) is 14.1. The molecule has 1 saturated carbocycles. The van der Waals surface area contributed by atoms with E-state index >= 15 is 0 Å². The first-order valence-corrected chi connectivity index (χ1v) is 11.0. The molecule has 5 nitrogen and oxygen atoms in total. The summed E-state index contributed by atoms with van der Waals surface area (Å²) in [4.78, 5) is 28.2. The summed E-state index contributed by atoms with van der Waals surface area (Å²) in [6.45, 7) is 2.96. The largest absolute Gasteiger partial charge is 0.467 e. The molecule has 1 aromatic heterocycles. The highest BCUT2D eigenvalue weighted by Crippen LogP contribution is 2.42. The third-order valence-corrected chi connectivity index (χ3v) is 6.97. The number of carbonyl (C=O) groups is 2. The summed E-state index contributed by atoms with van der Waals surface area (Å²) < 4.78 is 5.24. The van der Waals surface area contributed by atoms with Crippen LogP contribution in [0.4, 0.5) is 0 Å². The number of amides is 2. The van der Waals surface area contributed by atoms with E-state index in [0.29, 0.717) is 29.0 Å². The molecule has 4 rings (SSSR count). The van der Waals surface area contributed by atoms with Gasteiger partial charge in [0.25, 0.3) is 5.91 Å². The van der Waals surface area contributed by atoms with Crippen LogP contribution in [0.3, 0.4) is 0 Å². The Bertz CT molecular complexity index is 889. The number of fused-ring (bicyclic) bond motifs is 1. The SMILES string of the molecule is Cc1ccc(CN2C(=O)/C(=C/C(=O)NCc3ccco3)SC3CCCCC32)cc1. The lowest BCUT2D eigenvalue weighted by Crippen LogP contribution is -2.51. The molecule has 2 heterocycles. The topological polar surface area (TPSA) is 62.6 Å². The van der Waals surface area contributed by atoms with Crippen LogP contribution in [-0.2, 0) is 22.7 Å². The molecule has 6 heteroatoms. The number of nitrogens with one attached hydrogen (secondary N) is 1. The van der Waals surface area contributed by atoms with Crippen molar-refractivity contribution in [1.82, 2.24) is 10.2 Å². The smallest absolute Gasteiger partial charge is 0.261 e. The number of furan rings is 1. The highest BCUT2D eigenvalue weighted by atomic mass is 32.2. The van der Waals surface area contributed by atoms with Crippen LogP contribution in [0, 0.1) is 6.92 Å². The molecule has 0 radical (unpaired) electrons. The van der Waals surface area contributed by atoms with Gasteiger partial charge >= 0.3 is 0 Å². The fourth-order valence-corrected chi connectivity index (χ4v) is 5.45. The van der Waals surface area contributed by atoms with Crippen molar-refractivity contribution >= 4 is 23.6 Å². The van der Waals surface area contributed by atoms with Gasteiger partial charge in [0, 0.05) is 23.9 Å². The molecule has 1 aliphatic carbocycles. The Morgan fingerprint density at radius 3 is 2.79 bits per heavy atom. The van der Waals surface area contributed by atoms with E-state index < -0.39 is 0 Å². The fraction of sp³-hybridized carbons (Fsp3) is 0.391. The third kappa shape index (κ3) is 4.75. The van der Waals surface area contributed by atoms with Crippen molar-refractivity contribution in [1.29, 1.82) is 0 Å². The van der Waals surface area contributed by atoms with Crippen molar-refractivity contribution in [2.24, 2.45) is 0 Å². The average molecular weight is 411 g/mol. The molecule has 0 spiro atoms. The van der Waals surface area contributed by atoms with Crippen LogP contribution in [0.5, 0.6) is 0 Å². The van der Waals surface area contributed by atoms with Gasteiger partial charge in [-0.05, 0) is 37.5 Å². The maximum Gasteiger partial charge on any atom is 0.261 e. The summed E-state index contributed by atoms with van der Waals surface area (Å²) >= 11 is 1.58. The van der Waals surface area contributed by atoms with E-state index in [9.17, 15) is 9.59 Å². The number of nitrogens with zero attached hydrogens (tertiary/aromatic N) is 1. The molecule has 2 unspecified atom stereocenters. The molecule has 29 heavy (non-hydrogen) atoms. The highest BCUT2D eigenvalue weighted by molar-refractivity contribution is 8.04. The minimum atomic E-state index is -0.262. The normalized spacial score (nSPS) is 23.1. The van der Waals surface area contributed by atoms with Crippen LogP contribution in [0.1, 0.15) is 42.6 Å². The van der Waals surface area contributed by atoms with Crippen LogP contribution >= 0.6 is 11.8 Å². The quantitative estimate of drug-likeness (QED) is 0.752. The summed E-state index contributed by atoms with van der Waals surface area (Å²) in [5.74, 6) is 0.390. The van der Waals surface area contributed by atoms with E-state index in [2.05, 4.69) is 36.5 Å². The molecule has 2 amide bonds. The van der Waals surface area contributed by atoms with E-state index in [4.69, 9.17) is 4.42 Å². The molecule has 1 aliphatic heterocycles. The lowest BCUT2D eigenvalue weighted by atomic mass is 9.92. The van der Waals surface area contributed by atoms with Gasteiger partial charge in [0.15, 0.2) is 0 Å². The van der Waals surface area contributed by atoms with Gasteiger partial charge in [0.05, 0.1) is 17.7 Å². The first-order valence-electron chi connectivity index (χ1n) is 10.2. The summed E-state index contributed by atoms with van der Waals surface area (Å²) in [5, 5.41) is 3.16. The Hall–Kier alpha value is -2.47. The van der Waals surface area contributed by atoms with Crippen molar-refractivity contribution in [3.05, 3.63) is 70.5 Å². The number of hydrogen-bond acceptors (Lipinski definition) is 4. The van der Waals surface area contributed by atoms with E-state index in [1.165, 1.54) is 18.1 Å². The van der Waals surface area contributed by atoms with Gasteiger partial charge in [0.2, 0.25) is 5.91 Å². The second-order valence-electron chi connectivity index (χ2n) is 7.73. The Morgan fingerprint density at radius 2 is 2.03 bits per heavy atom. The standard InChI is InChI=1S/C23H26N2O3S/c1-16-8-10-17(11-9-16)15-25-19-6-2-3-7-20(19)29-21(23(25)27)13-22(26)24-14-18-5-4-12-28-18/h4-5,8-13,19-20H,2-3,6-7,14-15H2,1H3,(H,24,26)/b21-13-. The molecule has 2 fully saturated rings. The maximum atomic E-state index is 13.3. The van der Waals surface area contributed by atoms with Gasteiger partial charge in [-0.1, -0.05) is 42.7 Å². The third-order valence-electron chi connectivity index (χ3n) is 5.57. The number of benzene rings is 1. The molecule has 2 aliphatic rings. The van der Waals surface area contributed by atoms with Crippen molar-refractivity contribution in [2.75, 3.05) is 0 Å². The Morgan fingerprint density at radius 1 is 1.24 bits per heavy atom. The summed E-state index contributed by atoms with van der Waals surface area (Å²) in [6, 6.07) is 12.2. The maximum absolute atomic E-state index is 13.3. The molecular weight excluding hydrogens is 384 g/mol. The van der Waals surface area contributed by atoms with Gasteiger partial charge in [-0.3, -0.25) is 9.59 Å². The number of thioether (sulfide) groups is 1. The monoisotopic (exact) mass is 410 g/mol. The van der Waals surface area contributed by atoms with Crippen molar-refractivity contribution < 1.29 is 14.0 Å². The Balaban J connectivity index is 1.50. The van der Waals surface area contributed by atoms with Crippen molar-refractivity contribution in [3.63, 3.8) is 0 Å². The minimum absolute atomic E-state index is 0.0353. The Labute approximate surface area is 175 Å². The van der Waals surface area contributed by atoms with Gasteiger partial charge < -0.3 is 14.6 Å². The molecule has 0 bridgehead atoms. The number of carbonyl (C=O) groups excluding carboxylic acids is 2. The molecule has 1 saturated heterocycles. The second-order valence-corrected chi connectivity index (χ2v) is 9.01. The van der Waals surface area contributed by atoms with Crippen LogP contribution < -0.4 is 5.32 Å². The first kappa shape index (κ1) is 19.8. The van der Waals surface area contributed by atoms with E-state index in [1.54, 1.807) is 24.1 Å². The molecule has 152 valence electrons. The average Bonchev–Trinajstić information content (AvgIpc) is 3.25. The van der Waals surface area contributed by atoms with Crippen LogP contribution in [0.15, 0.2) is 58.1 Å². The summed E-state index contributed by atoms with van der Waals surface area (Å²) in [6.07, 6.45) is 7.49. The number of aryl methyl sites for hydroxylation is 1. The zero-order valence-corrected chi connectivity index (χ0v) is 17.4. The van der Waals surface area contributed by atoms with Crippen molar-refractivity contribution in [3.8, 4) is 0 Å². The lowest BCUT2D eigenvalue weighted by Gasteiger charge is -2.44. The van der Waals surface area contributed by atoms with E-state index in [1.807, 2.05) is 11.0 Å². The molecular formula is C23H26N2O3S. The van der Waals surface area contributed by atoms with Crippen LogP contribution in [-0.4, -0.2) is 28.0 Å². The van der Waals surface area contributed by atoms with Crippen molar-refractivity contribution in [2.45, 2.75) is 57.0 Å². The Kier molecular flexibility index (Phi) is 6.09. The number of hydrogen-bond donors (Lipinski definition) is 1. The zero-order valence-electron chi connectivity index (χ0n) is 16.6. The lowest BCUT2D eigenvalue weighted by molar-refractivity contribution is -0.130. The number of rotatable bonds is 5. The zero-order chi connectivity index (χ0) is 20.2. The van der Waals surface area contributed by atoms with Crippen LogP contribution in [0.25, 0.3) is 0 Å². The minimum Gasteiger partial charge on any atom is -0.467 e. The van der Waals surface area contributed by atoms with Gasteiger partial charge in [-0.25, -0.2) is 0 Å². The van der Waals surface area contributed by atoms with Gasteiger partial charge in [-0.2, -0.15) is 0 Å². The molecule has 1 aromatic carbocycles.